The van der Waals surface area contributed by atoms with Crippen LogP contribution in [0.5, 0.6) is 0 Å². The Hall–Kier alpha value is -0.0918. The average molecular weight is 517 g/mol. The summed E-state index contributed by atoms with van der Waals surface area (Å²) < 4.78 is 0. The van der Waals surface area contributed by atoms with Crippen LogP contribution in [0.4, 0.5) is 0 Å². The van der Waals surface area contributed by atoms with Crippen LogP contribution < -0.4 is 24.0 Å². The zero-order valence-electron chi connectivity index (χ0n) is 13.8. The van der Waals surface area contributed by atoms with Crippen molar-refractivity contribution in [3.63, 3.8) is 0 Å². The summed E-state index contributed by atoms with van der Waals surface area (Å²) >= 11 is 0. The van der Waals surface area contributed by atoms with Crippen molar-refractivity contribution in [2.24, 2.45) is 0 Å². The summed E-state index contributed by atoms with van der Waals surface area (Å²) in [5.74, 6) is 0. The molecule has 2 nitrogen and oxygen atoms in total. The van der Waals surface area contributed by atoms with Crippen LogP contribution in [0, 0.1) is 12.1 Å². The maximum atomic E-state index is 3.16. The van der Waals surface area contributed by atoms with Gasteiger partial charge in [-0.15, -0.1) is 0 Å². The molecule has 2 aromatic rings. The summed E-state index contributed by atoms with van der Waals surface area (Å²) in [4.78, 5) is 4.26. The van der Waals surface area contributed by atoms with E-state index in [1.165, 1.54) is 11.1 Å². The third-order valence-corrected chi connectivity index (χ3v) is 2.52. The van der Waals surface area contributed by atoms with E-state index in [9.17, 15) is 0 Å². The molecule has 0 aliphatic rings. The number of hydrogen-bond acceptors (Lipinski definition) is 2. The van der Waals surface area contributed by atoms with Gasteiger partial charge >= 0.3 is 0 Å². The first-order valence-electron chi connectivity index (χ1n) is 6.78. The molecule has 5 radical (unpaired) electrons. The Morgan fingerprint density at radius 2 is 1.09 bits per heavy atom. The molecule has 0 heterocycles. The van der Waals surface area contributed by atoms with Gasteiger partial charge in [0.1, 0.15) is 0 Å². The first kappa shape index (κ1) is 24.2. The molecule has 0 bridgehead atoms. The summed E-state index contributed by atoms with van der Waals surface area (Å²) in [6.45, 7) is 1.95. The topological polar surface area (TPSA) is 6.48 Å². The Morgan fingerprint density at radius 3 is 1.32 bits per heavy atom. The van der Waals surface area contributed by atoms with Crippen LogP contribution in [0.1, 0.15) is 11.1 Å². The largest absolute Gasteiger partial charge is 1.00 e. The Balaban J connectivity index is 0. The molecule has 119 valence electrons. The molecule has 0 N–H and O–H groups in total. The molecule has 2 rings (SSSR count). The van der Waals surface area contributed by atoms with Crippen LogP contribution in [0.15, 0.2) is 48.5 Å². The molecule has 2 aromatic carbocycles. The van der Waals surface area contributed by atoms with Crippen molar-refractivity contribution in [1.82, 2.24) is 9.80 Å². The Labute approximate surface area is 170 Å². The quantitative estimate of drug-likeness (QED) is 0.407. The molecule has 0 atom stereocenters. The van der Waals surface area contributed by atoms with E-state index in [1.807, 2.05) is 36.4 Å². The van der Waals surface area contributed by atoms with Gasteiger partial charge in [-0.3, -0.25) is 0 Å². The van der Waals surface area contributed by atoms with Crippen molar-refractivity contribution in [2.45, 2.75) is 13.1 Å². The number of hydrogen-bond donors (Lipinski definition) is 0. The van der Waals surface area contributed by atoms with Gasteiger partial charge in [0.05, 0.1) is 0 Å². The van der Waals surface area contributed by atoms with E-state index in [4.69, 9.17) is 0 Å². The van der Waals surface area contributed by atoms with Crippen LogP contribution in [0.3, 0.4) is 0 Å². The molecule has 22 heavy (non-hydrogen) atoms. The predicted octanol–water partition coefficient (Wildman–Crippen LogP) is -0.280. The molecule has 0 fully saturated rings. The summed E-state index contributed by atoms with van der Waals surface area (Å²) in [5.41, 5.74) is 2.49. The normalized spacial score (nSPS) is 9.36. The molecule has 0 spiro atoms. The second-order valence-electron chi connectivity index (χ2n) is 5.25. The third-order valence-electron chi connectivity index (χ3n) is 2.52. The summed E-state index contributed by atoms with van der Waals surface area (Å²) in [6.07, 6.45) is 0. The van der Waals surface area contributed by atoms with Gasteiger partial charge in [-0.05, 0) is 51.5 Å². The maximum Gasteiger partial charge on any atom is 0.0233 e. The van der Waals surface area contributed by atoms with Gasteiger partial charge in [-0.2, -0.15) is 0 Å². The predicted molar refractivity (Wildman–Crippen MR) is 91.1 cm³/mol. The molecule has 0 saturated heterocycles. The maximum absolute atomic E-state index is 3.16. The van der Waals surface area contributed by atoms with Crippen molar-refractivity contribution >= 4 is 24.4 Å². The first-order chi connectivity index (χ1) is 9.58. The molecule has 0 aromatic heterocycles. The molecular formula is C18H24IN2Sb-. The molecule has 0 saturated carbocycles. The number of halogens is 1. The Kier molecular flexibility index (Phi) is 15.9. The van der Waals surface area contributed by atoms with Gasteiger partial charge in [-0.1, -0.05) is 48.5 Å². The monoisotopic (exact) mass is 516 g/mol. The van der Waals surface area contributed by atoms with Gasteiger partial charge in [0.25, 0.3) is 0 Å². The number of rotatable bonds is 4. The fourth-order valence-corrected chi connectivity index (χ4v) is 1.74. The molecular weight excluding hydrogens is 493 g/mol. The molecule has 4 heteroatoms. The van der Waals surface area contributed by atoms with Gasteiger partial charge in [0, 0.05) is 37.5 Å². The summed E-state index contributed by atoms with van der Waals surface area (Å²) in [7, 11) is 8.23. The second kappa shape index (κ2) is 14.5. The van der Waals surface area contributed by atoms with E-state index in [2.05, 4.69) is 62.3 Å². The van der Waals surface area contributed by atoms with Gasteiger partial charge in [0.15, 0.2) is 0 Å². The van der Waals surface area contributed by atoms with E-state index in [-0.39, 0.29) is 48.4 Å². The minimum absolute atomic E-state index is 0. The fraction of sp³-hybridized carbons (Fsp3) is 0.333. The molecule has 0 amide bonds. The standard InChI is InChI=1S/2C9H12N.HI.Sb/c2*1-10(2)8-9-6-4-3-5-7-9;;/h2*3-6H,8H2,1-2H3;1H;/p-1. The average Bonchev–Trinajstić information content (AvgIpc) is 2.40. The van der Waals surface area contributed by atoms with E-state index in [0.717, 1.165) is 13.1 Å². The van der Waals surface area contributed by atoms with Crippen molar-refractivity contribution in [3.05, 3.63) is 71.8 Å². The first-order valence-corrected chi connectivity index (χ1v) is 6.78. The fourth-order valence-electron chi connectivity index (χ4n) is 1.74. The van der Waals surface area contributed by atoms with E-state index < -0.39 is 0 Å². The zero-order valence-corrected chi connectivity index (χ0v) is 18.5. The van der Waals surface area contributed by atoms with E-state index >= 15 is 0 Å². The Morgan fingerprint density at radius 1 is 0.727 bits per heavy atom. The molecule has 0 aliphatic carbocycles. The third kappa shape index (κ3) is 12.5. The van der Waals surface area contributed by atoms with Crippen LogP contribution in [0.2, 0.25) is 0 Å². The van der Waals surface area contributed by atoms with Crippen LogP contribution in [0.25, 0.3) is 0 Å². The smallest absolute Gasteiger partial charge is 0.0233 e. The minimum atomic E-state index is 0. The van der Waals surface area contributed by atoms with Gasteiger partial charge < -0.3 is 33.8 Å². The minimum Gasteiger partial charge on any atom is -1.00 e. The summed E-state index contributed by atoms with van der Waals surface area (Å²) in [6, 6.07) is 22.4. The van der Waals surface area contributed by atoms with E-state index in [1.54, 1.807) is 0 Å². The van der Waals surface area contributed by atoms with Gasteiger partial charge in [0.2, 0.25) is 0 Å². The van der Waals surface area contributed by atoms with E-state index in [0.29, 0.717) is 0 Å². The van der Waals surface area contributed by atoms with Crippen molar-refractivity contribution in [2.75, 3.05) is 28.2 Å². The number of benzene rings is 2. The molecule has 0 aliphatic heterocycles. The number of nitrogens with zero attached hydrogens (tertiary/aromatic N) is 2. The van der Waals surface area contributed by atoms with Crippen molar-refractivity contribution < 1.29 is 24.0 Å². The Bertz CT molecular complexity index is 416. The second-order valence-corrected chi connectivity index (χ2v) is 5.25. The van der Waals surface area contributed by atoms with Crippen LogP contribution in [-0.4, -0.2) is 62.4 Å². The van der Waals surface area contributed by atoms with Crippen LogP contribution >= 0.6 is 0 Å². The van der Waals surface area contributed by atoms with Crippen molar-refractivity contribution in [3.8, 4) is 0 Å². The van der Waals surface area contributed by atoms with Crippen molar-refractivity contribution in [1.29, 1.82) is 0 Å². The van der Waals surface area contributed by atoms with Crippen LogP contribution in [-0.2, 0) is 13.1 Å². The summed E-state index contributed by atoms with van der Waals surface area (Å²) in [5, 5.41) is 0. The SMILES string of the molecule is CN(C)Cc1[c]cccc1.CN(C)Cc1[c]cccc1.[I-].[Sb]. The van der Waals surface area contributed by atoms with Gasteiger partial charge in [-0.25, -0.2) is 0 Å². The molecule has 0 unspecified atom stereocenters. The zero-order chi connectivity index (χ0) is 14.8.